The zero-order valence-electron chi connectivity index (χ0n) is 24.9. The molecule has 0 spiro atoms. The number of ketones is 3. The third kappa shape index (κ3) is 5.97. The van der Waals surface area contributed by atoms with E-state index < -0.39 is 23.8 Å². The summed E-state index contributed by atoms with van der Waals surface area (Å²) in [6.07, 6.45) is 12.0. The molecule has 4 aliphatic carbocycles. The fourth-order valence-corrected chi connectivity index (χ4v) is 7.44. The number of carbonyl (C=O) groups excluding carboxylic acids is 5. The van der Waals surface area contributed by atoms with Crippen LogP contribution in [0.1, 0.15) is 59.2 Å². The van der Waals surface area contributed by atoms with Gasteiger partial charge in [-0.15, -0.1) is 0 Å². The molecule has 6 atom stereocenters. The van der Waals surface area contributed by atoms with Gasteiger partial charge in [0.2, 0.25) is 0 Å². The Morgan fingerprint density at radius 3 is 1.76 bits per heavy atom. The van der Waals surface area contributed by atoms with Gasteiger partial charge in [-0.25, -0.2) is 0 Å². The topological polar surface area (TPSA) is 130 Å². The summed E-state index contributed by atoms with van der Waals surface area (Å²) in [6, 6.07) is 16.9. The fraction of sp³-hybridized carbons (Fsp3) is 0.324. The van der Waals surface area contributed by atoms with Crippen LogP contribution in [0.4, 0.5) is 0 Å². The van der Waals surface area contributed by atoms with E-state index in [0.29, 0.717) is 36.8 Å². The number of Topliss-reactive ketones (excluding diaryl/α,β-unsaturated/α-hetero) is 3. The lowest BCUT2D eigenvalue weighted by atomic mass is 9.76. The van der Waals surface area contributed by atoms with Crippen LogP contribution >= 0.6 is 0 Å². The maximum absolute atomic E-state index is 13.4. The molecular weight excluding hydrogens is 568 g/mol. The van der Waals surface area contributed by atoms with Gasteiger partial charge in [-0.05, 0) is 62.1 Å². The second kappa shape index (κ2) is 13.0. The van der Waals surface area contributed by atoms with Crippen LogP contribution in [0, 0.1) is 23.7 Å². The molecule has 8 heteroatoms. The first-order valence-corrected chi connectivity index (χ1v) is 15.7. The minimum absolute atomic E-state index is 0.0421. The van der Waals surface area contributed by atoms with E-state index in [0.717, 1.165) is 12.8 Å². The number of rotatable bonds is 7. The van der Waals surface area contributed by atoms with Crippen molar-refractivity contribution in [2.24, 2.45) is 23.7 Å². The monoisotopic (exact) mass is 604 g/mol. The third-order valence-electron chi connectivity index (χ3n) is 9.61. The van der Waals surface area contributed by atoms with Crippen molar-refractivity contribution >= 4 is 29.2 Å². The fourth-order valence-electron chi connectivity index (χ4n) is 7.44. The molecular formula is C37H36N2O6. The van der Waals surface area contributed by atoms with Crippen molar-refractivity contribution in [2.75, 3.05) is 0 Å². The van der Waals surface area contributed by atoms with Crippen LogP contribution in [0.5, 0.6) is 0 Å². The van der Waals surface area contributed by atoms with Crippen LogP contribution in [-0.2, 0) is 14.4 Å². The van der Waals surface area contributed by atoms with E-state index in [1.54, 1.807) is 72.8 Å². The van der Waals surface area contributed by atoms with Gasteiger partial charge in [-0.3, -0.25) is 24.0 Å². The van der Waals surface area contributed by atoms with Crippen LogP contribution in [0.25, 0.3) is 0 Å². The lowest BCUT2D eigenvalue weighted by molar-refractivity contribution is -0.121. The highest BCUT2D eigenvalue weighted by molar-refractivity contribution is 6.28. The van der Waals surface area contributed by atoms with E-state index >= 15 is 0 Å². The Kier molecular flexibility index (Phi) is 8.74. The molecule has 3 saturated carbocycles. The highest BCUT2D eigenvalue weighted by Gasteiger charge is 2.51. The van der Waals surface area contributed by atoms with Crippen molar-refractivity contribution in [3.05, 3.63) is 119 Å². The highest BCUT2D eigenvalue weighted by atomic mass is 16.3. The molecule has 0 heterocycles. The average Bonchev–Trinajstić information content (AvgIpc) is 3.46. The zero-order valence-corrected chi connectivity index (χ0v) is 24.9. The maximum atomic E-state index is 13.4. The Labute approximate surface area is 262 Å². The lowest BCUT2D eigenvalue weighted by Crippen LogP contribution is -2.47. The molecule has 230 valence electrons. The number of benzene rings is 2. The van der Waals surface area contributed by atoms with Gasteiger partial charge in [0.25, 0.3) is 11.8 Å². The Balaban J connectivity index is 1.11. The Morgan fingerprint density at radius 1 is 0.644 bits per heavy atom. The lowest BCUT2D eigenvalue weighted by Gasteiger charge is -2.33. The molecule has 0 saturated heterocycles. The summed E-state index contributed by atoms with van der Waals surface area (Å²) in [5, 5.41) is 16.9. The summed E-state index contributed by atoms with van der Waals surface area (Å²) < 4.78 is 0. The second-order valence-corrected chi connectivity index (χ2v) is 12.2. The van der Waals surface area contributed by atoms with E-state index in [1.807, 2.05) is 12.1 Å². The standard InChI is InChI=1S/C37H36N2O6/c40-32-24-18-10-20-28(38-36(44)22-12-4-1-5-13-22)30(24)34(42)26(32)16-8-3-9-17-27-33(41)25-19-11-21-29(31(25)35(27)43)39-37(45)23-14-6-2-7-15-23/h1-9,12-17,24-25,28-31,40H,10-11,18-21H2,(H,38,44)(H,39,45)/b9-3+,16-8+,27-17+. The summed E-state index contributed by atoms with van der Waals surface area (Å²) in [5.41, 5.74) is 1.37. The molecule has 45 heavy (non-hydrogen) atoms. The number of carbonyl (C=O) groups is 5. The van der Waals surface area contributed by atoms with Crippen molar-refractivity contribution in [1.29, 1.82) is 0 Å². The molecule has 0 aromatic heterocycles. The van der Waals surface area contributed by atoms with Gasteiger partial charge in [0.15, 0.2) is 17.3 Å². The van der Waals surface area contributed by atoms with E-state index in [2.05, 4.69) is 10.6 Å². The van der Waals surface area contributed by atoms with Crippen LogP contribution in [0.15, 0.2) is 108 Å². The van der Waals surface area contributed by atoms with Crippen LogP contribution in [-0.4, -0.2) is 46.4 Å². The normalized spacial score (nSPS) is 29.0. The predicted octanol–water partition coefficient (Wildman–Crippen LogP) is 5.00. The van der Waals surface area contributed by atoms with Crippen LogP contribution < -0.4 is 10.6 Å². The number of aliphatic hydroxyl groups excluding tert-OH is 1. The van der Waals surface area contributed by atoms with Crippen molar-refractivity contribution in [3.63, 3.8) is 0 Å². The van der Waals surface area contributed by atoms with Gasteiger partial charge in [0.05, 0.1) is 23.0 Å². The maximum Gasteiger partial charge on any atom is 0.251 e. The predicted molar refractivity (Wildman–Crippen MR) is 168 cm³/mol. The highest BCUT2D eigenvalue weighted by Crippen LogP contribution is 2.43. The average molecular weight is 605 g/mol. The molecule has 0 bridgehead atoms. The molecule has 6 rings (SSSR count). The number of allylic oxidation sites excluding steroid dienone is 8. The Morgan fingerprint density at radius 2 is 1.18 bits per heavy atom. The van der Waals surface area contributed by atoms with Crippen molar-refractivity contribution < 1.29 is 29.1 Å². The van der Waals surface area contributed by atoms with Gasteiger partial charge >= 0.3 is 0 Å². The first-order chi connectivity index (χ1) is 21.8. The molecule has 2 amide bonds. The summed E-state index contributed by atoms with van der Waals surface area (Å²) in [6.45, 7) is 0. The van der Waals surface area contributed by atoms with Gasteiger partial charge in [0, 0.05) is 35.0 Å². The summed E-state index contributed by atoms with van der Waals surface area (Å²) in [7, 11) is 0. The van der Waals surface area contributed by atoms with Crippen molar-refractivity contribution in [3.8, 4) is 0 Å². The smallest absolute Gasteiger partial charge is 0.251 e. The molecule has 0 radical (unpaired) electrons. The number of aliphatic hydroxyl groups is 1. The Hall–Kier alpha value is -4.85. The molecule has 0 aliphatic heterocycles. The molecule has 2 aromatic rings. The third-order valence-corrected chi connectivity index (χ3v) is 9.61. The van der Waals surface area contributed by atoms with Crippen molar-refractivity contribution in [2.45, 2.75) is 50.6 Å². The second-order valence-electron chi connectivity index (χ2n) is 12.2. The van der Waals surface area contributed by atoms with E-state index in [4.69, 9.17) is 0 Å². The van der Waals surface area contributed by atoms with Gasteiger partial charge in [0.1, 0.15) is 5.76 Å². The number of hydrogen-bond acceptors (Lipinski definition) is 6. The number of amides is 2. The number of nitrogens with one attached hydrogen (secondary N) is 2. The van der Waals surface area contributed by atoms with E-state index in [1.165, 1.54) is 6.08 Å². The first-order valence-electron chi connectivity index (χ1n) is 15.7. The van der Waals surface area contributed by atoms with Gasteiger partial charge in [-0.2, -0.15) is 0 Å². The van der Waals surface area contributed by atoms with Gasteiger partial charge in [-0.1, -0.05) is 67.5 Å². The minimum Gasteiger partial charge on any atom is -0.511 e. The molecule has 8 nitrogen and oxygen atoms in total. The van der Waals surface area contributed by atoms with Gasteiger partial charge < -0.3 is 15.7 Å². The molecule has 6 unspecified atom stereocenters. The quantitative estimate of drug-likeness (QED) is 0.232. The largest absolute Gasteiger partial charge is 0.511 e. The summed E-state index contributed by atoms with van der Waals surface area (Å²) >= 11 is 0. The number of hydrogen-bond donors (Lipinski definition) is 3. The summed E-state index contributed by atoms with van der Waals surface area (Å²) in [5.74, 6) is -3.00. The summed E-state index contributed by atoms with van der Waals surface area (Å²) in [4.78, 5) is 65.5. The molecule has 2 aromatic carbocycles. The molecule has 3 N–H and O–H groups in total. The van der Waals surface area contributed by atoms with Crippen molar-refractivity contribution in [1.82, 2.24) is 10.6 Å². The SMILES string of the molecule is O=C(NC1CCCC2C(O)=C(/C=C/C=C/C=C3\C(=O)C4CCCC(NC(=O)c5ccccc5)C4C3=O)C(=O)C12)c1ccccc1. The zero-order chi connectivity index (χ0) is 31.5. The van der Waals surface area contributed by atoms with E-state index in [9.17, 15) is 29.1 Å². The minimum atomic E-state index is -0.578. The van der Waals surface area contributed by atoms with Crippen LogP contribution in [0.2, 0.25) is 0 Å². The van der Waals surface area contributed by atoms with E-state index in [-0.39, 0.29) is 58.0 Å². The first kappa shape index (κ1) is 30.2. The molecule has 4 aliphatic rings. The Bertz CT molecular complexity index is 1640. The number of fused-ring (bicyclic) bond motifs is 2. The van der Waals surface area contributed by atoms with Crippen LogP contribution in [0.3, 0.4) is 0 Å². The molecule has 3 fully saturated rings.